The topological polar surface area (TPSA) is 85.0 Å². The number of carbonyl (C=O) groups is 2. The van der Waals surface area contributed by atoms with E-state index < -0.39 is 11.6 Å². The lowest BCUT2D eigenvalue weighted by Crippen LogP contribution is -2.27. The van der Waals surface area contributed by atoms with E-state index in [1.54, 1.807) is 6.07 Å². The van der Waals surface area contributed by atoms with E-state index in [9.17, 15) is 14.0 Å². The molecule has 0 spiro atoms. The smallest absolute Gasteiger partial charge is 0.244 e. The van der Waals surface area contributed by atoms with Crippen LogP contribution in [0.4, 0.5) is 4.39 Å². The summed E-state index contributed by atoms with van der Waals surface area (Å²) in [5.41, 5.74) is 0.00510. The molecule has 0 unspecified atom stereocenters. The first kappa shape index (κ1) is 17.9. The molecule has 1 heterocycles. The van der Waals surface area contributed by atoms with Crippen LogP contribution < -0.4 is 4.74 Å². The first-order chi connectivity index (χ1) is 12.4. The Morgan fingerprint density at radius 1 is 1.35 bits per heavy atom. The Labute approximate surface area is 149 Å². The van der Waals surface area contributed by atoms with Crippen LogP contribution in [0.1, 0.15) is 27.5 Å². The van der Waals surface area contributed by atoms with Gasteiger partial charge in [-0.3, -0.25) is 14.6 Å². The Morgan fingerprint density at radius 2 is 2.12 bits per heavy atom. The number of likely N-dealkylation sites (N-methyl/N-ethyl adjacent to an activating group) is 1. The molecule has 0 N–H and O–H groups in total. The minimum Gasteiger partial charge on any atom is -0.496 e. The lowest BCUT2D eigenvalue weighted by molar-refractivity contribution is 0.0949. The highest BCUT2D eigenvalue weighted by atomic mass is 19.1. The Balaban J connectivity index is 2.00. The summed E-state index contributed by atoms with van der Waals surface area (Å²) in [5, 5.41) is 0. The van der Waals surface area contributed by atoms with E-state index >= 15 is 0 Å². The third-order valence-corrected chi connectivity index (χ3v) is 3.95. The molecule has 1 aromatic carbocycles. The Bertz CT molecular complexity index is 902. The molecule has 0 amide bonds. The summed E-state index contributed by atoms with van der Waals surface area (Å²) in [5.74, 6) is -1.67. The quantitative estimate of drug-likeness (QED) is 0.814. The highest BCUT2D eigenvalue weighted by Gasteiger charge is 2.36. The lowest BCUT2D eigenvalue weighted by Gasteiger charge is -2.11. The number of halogens is 1. The molecule has 0 radical (unpaired) electrons. The van der Waals surface area contributed by atoms with E-state index in [1.807, 2.05) is 19.0 Å². The van der Waals surface area contributed by atoms with E-state index in [0.717, 1.165) is 0 Å². The van der Waals surface area contributed by atoms with Gasteiger partial charge in [0.2, 0.25) is 17.4 Å². The van der Waals surface area contributed by atoms with Crippen LogP contribution in [0.5, 0.6) is 5.75 Å². The molecule has 7 nitrogen and oxygen atoms in total. The van der Waals surface area contributed by atoms with Gasteiger partial charge in [-0.1, -0.05) is 6.07 Å². The van der Waals surface area contributed by atoms with Crippen LogP contribution in [0, 0.1) is 5.82 Å². The van der Waals surface area contributed by atoms with Gasteiger partial charge in [-0.2, -0.15) is 0 Å². The number of oxazole rings is 1. The van der Waals surface area contributed by atoms with Crippen LogP contribution in [-0.2, 0) is 0 Å². The summed E-state index contributed by atoms with van der Waals surface area (Å²) in [6.45, 7) is 1.03. The fourth-order valence-electron chi connectivity index (χ4n) is 2.61. The number of carbonyl (C=O) groups excluding carboxylic acids is 2. The van der Waals surface area contributed by atoms with E-state index in [0.29, 0.717) is 13.1 Å². The van der Waals surface area contributed by atoms with E-state index in [4.69, 9.17) is 9.15 Å². The number of Topliss-reactive ketones (excluding diaryl/α,β-unsaturated/α-hetero) is 2. The van der Waals surface area contributed by atoms with Gasteiger partial charge in [0.1, 0.15) is 17.1 Å². The maximum absolute atomic E-state index is 14.2. The molecule has 26 heavy (non-hydrogen) atoms. The third kappa shape index (κ3) is 3.28. The Hall–Kier alpha value is -2.87. The summed E-state index contributed by atoms with van der Waals surface area (Å²) < 4.78 is 24.8. The molecule has 3 rings (SSSR count). The number of hydrogen-bond acceptors (Lipinski definition) is 7. The summed E-state index contributed by atoms with van der Waals surface area (Å²) in [6, 6.07) is 4.24. The molecular formula is C18H18FN3O4. The first-order valence-electron chi connectivity index (χ1n) is 8.02. The first-order valence-corrected chi connectivity index (χ1v) is 8.02. The molecule has 1 aliphatic rings. The second-order valence-corrected chi connectivity index (χ2v) is 6.07. The lowest BCUT2D eigenvalue weighted by atomic mass is 9.97. The normalized spacial score (nSPS) is 15.7. The number of nitrogens with zero attached hydrogens (tertiary/aromatic N) is 3. The molecule has 0 aliphatic heterocycles. The second kappa shape index (κ2) is 7.17. The van der Waals surface area contributed by atoms with Crippen molar-refractivity contribution in [3.8, 4) is 17.2 Å². The largest absolute Gasteiger partial charge is 0.496 e. The van der Waals surface area contributed by atoms with Crippen molar-refractivity contribution in [3.05, 3.63) is 35.5 Å². The number of aliphatic imine (C=N–C) groups is 1. The summed E-state index contributed by atoms with van der Waals surface area (Å²) in [6.07, 6.45) is -0.139. The predicted octanol–water partition coefficient (Wildman–Crippen LogP) is 2.26. The molecule has 1 aliphatic carbocycles. The van der Waals surface area contributed by atoms with Crippen molar-refractivity contribution in [1.82, 2.24) is 9.88 Å². The average molecular weight is 359 g/mol. The zero-order valence-electron chi connectivity index (χ0n) is 14.7. The minimum atomic E-state index is -0.622. The molecule has 0 fully saturated rings. The van der Waals surface area contributed by atoms with Gasteiger partial charge in [0, 0.05) is 6.54 Å². The molecule has 8 heteroatoms. The summed E-state index contributed by atoms with van der Waals surface area (Å²) in [7, 11) is 5.15. The van der Waals surface area contributed by atoms with Gasteiger partial charge in [-0.05, 0) is 26.2 Å². The highest BCUT2D eigenvalue weighted by Crippen LogP contribution is 2.34. The number of ether oxygens (including phenoxy) is 1. The Kier molecular flexibility index (Phi) is 4.94. The fourth-order valence-corrected chi connectivity index (χ4v) is 2.61. The number of ketones is 2. The molecule has 0 bridgehead atoms. The van der Waals surface area contributed by atoms with E-state index in [1.165, 1.54) is 19.2 Å². The van der Waals surface area contributed by atoms with Crippen LogP contribution in [0.25, 0.3) is 11.5 Å². The number of hydrogen-bond donors (Lipinski definition) is 0. The molecule has 0 saturated carbocycles. The second-order valence-electron chi connectivity index (χ2n) is 6.07. The number of aromatic nitrogens is 1. The van der Waals surface area contributed by atoms with Crippen LogP contribution in [-0.4, -0.2) is 61.5 Å². The summed E-state index contributed by atoms with van der Waals surface area (Å²) in [4.78, 5) is 35.1. The predicted molar refractivity (Wildman–Crippen MR) is 92.6 cm³/mol. The maximum atomic E-state index is 14.2. The standard InChI is InChI=1S/C18H18FN3O4/c1-22(2)8-7-20-11-9-12(23)15-17(16(11)24)26-18(21-15)14-10(19)5-4-6-13(14)25-3/h4-6H,7-9H2,1-3H3. The molecule has 136 valence electrons. The zero-order chi connectivity index (χ0) is 18.8. The Morgan fingerprint density at radius 3 is 2.81 bits per heavy atom. The van der Waals surface area contributed by atoms with E-state index in [-0.39, 0.29) is 46.6 Å². The van der Waals surface area contributed by atoms with Crippen molar-refractivity contribution < 1.29 is 23.1 Å². The van der Waals surface area contributed by atoms with Gasteiger partial charge in [0.05, 0.1) is 25.8 Å². The van der Waals surface area contributed by atoms with Crippen molar-refractivity contribution in [3.63, 3.8) is 0 Å². The van der Waals surface area contributed by atoms with Crippen LogP contribution >= 0.6 is 0 Å². The van der Waals surface area contributed by atoms with Crippen LogP contribution in [0.2, 0.25) is 0 Å². The van der Waals surface area contributed by atoms with Gasteiger partial charge >= 0.3 is 0 Å². The van der Waals surface area contributed by atoms with Crippen molar-refractivity contribution in [2.45, 2.75) is 6.42 Å². The highest BCUT2D eigenvalue weighted by molar-refractivity contribution is 6.51. The SMILES string of the molecule is COc1cccc(F)c1-c1nc2c(o1)C(=O)C(=NCCN(C)C)CC2=O. The molecule has 0 atom stereocenters. The molecule has 1 aromatic heterocycles. The van der Waals surface area contributed by atoms with Crippen molar-refractivity contribution in [1.29, 1.82) is 0 Å². The number of fused-ring (bicyclic) bond motifs is 1. The summed E-state index contributed by atoms with van der Waals surface area (Å²) >= 11 is 0. The minimum absolute atomic E-state index is 0.0314. The number of methoxy groups -OCH3 is 1. The molecule has 0 saturated heterocycles. The monoisotopic (exact) mass is 359 g/mol. The van der Waals surface area contributed by atoms with Crippen LogP contribution in [0.15, 0.2) is 27.6 Å². The van der Waals surface area contributed by atoms with Gasteiger partial charge in [0.15, 0.2) is 11.5 Å². The van der Waals surface area contributed by atoms with Gasteiger partial charge in [-0.25, -0.2) is 9.37 Å². The maximum Gasteiger partial charge on any atom is 0.244 e. The molecular weight excluding hydrogens is 341 g/mol. The van der Waals surface area contributed by atoms with Gasteiger partial charge < -0.3 is 14.1 Å². The van der Waals surface area contributed by atoms with Gasteiger partial charge in [0.25, 0.3) is 0 Å². The van der Waals surface area contributed by atoms with Gasteiger partial charge in [-0.15, -0.1) is 0 Å². The number of benzene rings is 1. The van der Waals surface area contributed by atoms with Crippen molar-refractivity contribution in [2.75, 3.05) is 34.3 Å². The molecule has 2 aromatic rings. The van der Waals surface area contributed by atoms with E-state index in [2.05, 4.69) is 9.98 Å². The third-order valence-electron chi connectivity index (χ3n) is 3.95. The van der Waals surface area contributed by atoms with Crippen molar-refractivity contribution in [2.24, 2.45) is 4.99 Å². The number of rotatable bonds is 5. The van der Waals surface area contributed by atoms with Crippen molar-refractivity contribution >= 4 is 17.3 Å². The zero-order valence-corrected chi connectivity index (χ0v) is 14.7. The average Bonchev–Trinajstić information content (AvgIpc) is 3.04. The fraction of sp³-hybridized carbons (Fsp3) is 0.333. The van der Waals surface area contributed by atoms with Crippen LogP contribution in [0.3, 0.4) is 0 Å².